The minimum absolute atomic E-state index is 0.121. The van der Waals surface area contributed by atoms with Crippen LogP contribution in [-0.4, -0.2) is 32.5 Å². The number of carbonyl (C=O) groups is 1. The molecule has 0 bridgehead atoms. The quantitative estimate of drug-likeness (QED) is 0.658. The molecule has 1 unspecified atom stereocenters. The van der Waals surface area contributed by atoms with Gasteiger partial charge in [-0.1, -0.05) is 36.0 Å². The molecule has 1 atom stereocenters. The lowest BCUT2D eigenvalue weighted by Crippen LogP contribution is -2.35. The van der Waals surface area contributed by atoms with Crippen molar-refractivity contribution < 1.29 is 4.79 Å². The van der Waals surface area contributed by atoms with Gasteiger partial charge in [0.15, 0.2) is 11.0 Å². The first-order valence-electron chi connectivity index (χ1n) is 8.14. The lowest BCUT2D eigenvalue weighted by atomic mass is 10.2. The second-order valence-electron chi connectivity index (χ2n) is 5.97. The second-order valence-corrected chi connectivity index (χ2v) is 8.23. The molecule has 0 spiro atoms. The van der Waals surface area contributed by atoms with Gasteiger partial charge in [-0.2, -0.15) is 0 Å². The Balaban J connectivity index is 1.51. The highest BCUT2D eigenvalue weighted by atomic mass is 32.2. The Labute approximate surface area is 154 Å². The Morgan fingerprint density at radius 3 is 2.88 bits per heavy atom. The van der Waals surface area contributed by atoms with Crippen LogP contribution in [0.25, 0.3) is 10.7 Å². The van der Waals surface area contributed by atoms with Crippen LogP contribution in [0.1, 0.15) is 12.5 Å². The van der Waals surface area contributed by atoms with Crippen LogP contribution < -0.4 is 4.90 Å². The third-order valence-corrected chi connectivity index (χ3v) is 6.35. The van der Waals surface area contributed by atoms with Crippen LogP contribution in [-0.2, 0) is 18.3 Å². The van der Waals surface area contributed by atoms with Crippen molar-refractivity contribution in [2.45, 2.75) is 23.8 Å². The predicted molar refractivity (Wildman–Crippen MR) is 102 cm³/mol. The molecule has 0 N–H and O–H groups in total. The fraction of sp³-hybridized carbons (Fsp3) is 0.278. The van der Waals surface area contributed by atoms with Gasteiger partial charge >= 0.3 is 0 Å². The largest absolute Gasteiger partial charge is 0.311 e. The summed E-state index contributed by atoms with van der Waals surface area (Å²) in [5.41, 5.74) is 2.28. The minimum Gasteiger partial charge on any atom is -0.311 e. The average molecular weight is 371 g/mol. The van der Waals surface area contributed by atoms with Crippen LogP contribution in [0.3, 0.4) is 0 Å². The molecule has 4 rings (SSSR count). The minimum atomic E-state index is -0.217. The summed E-state index contributed by atoms with van der Waals surface area (Å²) in [6, 6.07) is 12.2. The van der Waals surface area contributed by atoms with Gasteiger partial charge < -0.3 is 9.47 Å². The average Bonchev–Trinajstić information content (AvgIpc) is 3.35. The van der Waals surface area contributed by atoms with E-state index in [0.29, 0.717) is 0 Å². The van der Waals surface area contributed by atoms with Crippen molar-refractivity contribution in [3.63, 3.8) is 0 Å². The summed E-state index contributed by atoms with van der Waals surface area (Å²) in [4.78, 5) is 15.9. The summed E-state index contributed by atoms with van der Waals surface area (Å²) in [7, 11) is 1.94. The number of amides is 1. The Morgan fingerprint density at radius 1 is 1.24 bits per heavy atom. The lowest BCUT2D eigenvalue weighted by Gasteiger charge is -2.21. The first-order valence-corrected chi connectivity index (χ1v) is 9.90. The third kappa shape index (κ3) is 2.98. The summed E-state index contributed by atoms with van der Waals surface area (Å²) >= 11 is 3.09. The molecule has 3 heterocycles. The number of carbonyl (C=O) groups excluding carboxylic acids is 1. The van der Waals surface area contributed by atoms with Crippen molar-refractivity contribution >= 4 is 34.7 Å². The summed E-state index contributed by atoms with van der Waals surface area (Å²) in [6.45, 7) is 2.69. The van der Waals surface area contributed by atoms with E-state index in [1.807, 2.05) is 59.2 Å². The van der Waals surface area contributed by atoms with Crippen LogP contribution in [0, 0.1) is 0 Å². The molecule has 1 aromatic carbocycles. The van der Waals surface area contributed by atoms with Gasteiger partial charge in [0, 0.05) is 19.3 Å². The molecule has 1 amide bonds. The number of hydrogen-bond donors (Lipinski definition) is 0. The predicted octanol–water partition coefficient (Wildman–Crippen LogP) is 3.61. The van der Waals surface area contributed by atoms with Gasteiger partial charge in [-0.15, -0.1) is 21.5 Å². The highest BCUT2D eigenvalue weighted by Crippen LogP contribution is 2.32. The molecule has 1 aliphatic heterocycles. The molecule has 0 fully saturated rings. The molecule has 5 nitrogen and oxygen atoms in total. The summed E-state index contributed by atoms with van der Waals surface area (Å²) in [5, 5.41) is 11.1. The lowest BCUT2D eigenvalue weighted by molar-refractivity contribution is -0.117. The van der Waals surface area contributed by atoms with Crippen molar-refractivity contribution in [1.82, 2.24) is 14.8 Å². The van der Waals surface area contributed by atoms with Crippen LogP contribution in [0.4, 0.5) is 5.69 Å². The monoisotopic (exact) mass is 370 g/mol. The first-order chi connectivity index (χ1) is 12.1. The maximum atomic E-state index is 12.9. The van der Waals surface area contributed by atoms with E-state index in [-0.39, 0.29) is 11.2 Å². The Bertz CT molecular complexity index is 904. The van der Waals surface area contributed by atoms with Gasteiger partial charge in [-0.05, 0) is 36.4 Å². The van der Waals surface area contributed by atoms with E-state index in [1.54, 1.807) is 11.3 Å². The topological polar surface area (TPSA) is 51.0 Å². The number of rotatable bonds is 4. The zero-order valence-corrected chi connectivity index (χ0v) is 15.7. The maximum absolute atomic E-state index is 12.9. The van der Waals surface area contributed by atoms with E-state index in [4.69, 9.17) is 0 Å². The number of thiophene rings is 1. The fourth-order valence-electron chi connectivity index (χ4n) is 3.03. The highest BCUT2D eigenvalue weighted by molar-refractivity contribution is 8.00. The molecule has 25 heavy (non-hydrogen) atoms. The molecule has 2 aromatic heterocycles. The fourth-order valence-corrected chi connectivity index (χ4v) is 4.65. The standard InChI is InChI=1S/C18H18N4OS2/c1-12(17(23)22-10-9-13-6-3-4-7-14(13)22)25-18-20-19-16(21(18)2)15-8-5-11-24-15/h3-8,11-12H,9-10H2,1-2H3. The van der Waals surface area contributed by atoms with E-state index in [9.17, 15) is 4.79 Å². The molecule has 3 aromatic rings. The number of anilines is 1. The molecule has 0 aliphatic carbocycles. The number of thioether (sulfide) groups is 1. The smallest absolute Gasteiger partial charge is 0.240 e. The van der Waals surface area contributed by atoms with Gasteiger partial charge in [-0.3, -0.25) is 4.79 Å². The van der Waals surface area contributed by atoms with E-state index in [0.717, 1.165) is 34.5 Å². The molecule has 0 radical (unpaired) electrons. The van der Waals surface area contributed by atoms with Crippen LogP contribution in [0.5, 0.6) is 0 Å². The number of nitrogens with zero attached hydrogens (tertiary/aromatic N) is 4. The van der Waals surface area contributed by atoms with Gasteiger partial charge in [0.25, 0.3) is 0 Å². The van der Waals surface area contributed by atoms with E-state index in [2.05, 4.69) is 16.3 Å². The first kappa shape index (κ1) is 16.4. The van der Waals surface area contributed by atoms with E-state index in [1.165, 1.54) is 17.3 Å². The summed E-state index contributed by atoms with van der Waals surface area (Å²) in [6.07, 6.45) is 0.922. The van der Waals surface area contributed by atoms with Crippen molar-refractivity contribution in [3.8, 4) is 10.7 Å². The Kier molecular flexibility index (Phi) is 4.35. The van der Waals surface area contributed by atoms with Crippen molar-refractivity contribution in [2.75, 3.05) is 11.4 Å². The van der Waals surface area contributed by atoms with Gasteiger partial charge in [0.05, 0.1) is 10.1 Å². The van der Waals surface area contributed by atoms with Gasteiger partial charge in [0.2, 0.25) is 5.91 Å². The van der Waals surface area contributed by atoms with E-state index < -0.39 is 0 Å². The molecular weight excluding hydrogens is 352 g/mol. The maximum Gasteiger partial charge on any atom is 0.240 e. The zero-order chi connectivity index (χ0) is 17.4. The Hall–Kier alpha value is -2.12. The number of para-hydroxylation sites is 1. The molecule has 128 valence electrons. The molecule has 0 saturated heterocycles. The van der Waals surface area contributed by atoms with E-state index >= 15 is 0 Å². The van der Waals surface area contributed by atoms with Crippen molar-refractivity contribution in [3.05, 3.63) is 47.3 Å². The normalized spacial score (nSPS) is 14.6. The molecule has 1 aliphatic rings. The highest BCUT2D eigenvalue weighted by Gasteiger charge is 2.29. The molecule has 0 saturated carbocycles. The van der Waals surface area contributed by atoms with Crippen molar-refractivity contribution in [1.29, 1.82) is 0 Å². The number of benzene rings is 1. The van der Waals surface area contributed by atoms with Crippen molar-refractivity contribution in [2.24, 2.45) is 7.05 Å². The third-order valence-electron chi connectivity index (χ3n) is 4.36. The molecule has 7 heteroatoms. The summed E-state index contributed by atoms with van der Waals surface area (Å²) in [5.74, 6) is 0.958. The number of fused-ring (bicyclic) bond motifs is 1. The number of aromatic nitrogens is 3. The van der Waals surface area contributed by atoms with Gasteiger partial charge in [-0.25, -0.2) is 0 Å². The second kappa shape index (κ2) is 6.65. The van der Waals surface area contributed by atoms with Gasteiger partial charge in [0.1, 0.15) is 0 Å². The SMILES string of the molecule is CC(Sc1nnc(-c2cccs2)n1C)C(=O)N1CCc2ccccc21. The van der Waals surface area contributed by atoms with Crippen LogP contribution in [0.15, 0.2) is 46.9 Å². The number of hydrogen-bond acceptors (Lipinski definition) is 5. The molecular formula is C18H18N4OS2. The van der Waals surface area contributed by atoms with Crippen LogP contribution >= 0.6 is 23.1 Å². The summed E-state index contributed by atoms with van der Waals surface area (Å²) < 4.78 is 1.96. The Morgan fingerprint density at radius 2 is 2.08 bits per heavy atom. The zero-order valence-electron chi connectivity index (χ0n) is 14.0. The van der Waals surface area contributed by atoms with Crippen LogP contribution in [0.2, 0.25) is 0 Å².